The Morgan fingerprint density at radius 3 is 2.25 bits per heavy atom. The van der Waals surface area contributed by atoms with Crippen LogP contribution >= 0.6 is 11.6 Å². The van der Waals surface area contributed by atoms with E-state index in [9.17, 15) is 21.6 Å². The molecule has 0 aliphatic heterocycles. The lowest BCUT2D eigenvalue weighted by Gasteiger charge is -2.16. The summed E-state index contributed by atoms with van der Waals surface area (Å²) >= 11 is 5.92. The maximum atomic E-state index is 13.2. The molecule has 7 nitrogen and oxygen atoms in total. The Labute approximate surface area is 186 Å². The summed E-state index contributed by atoms with van der Waals surface area (Å²) in [4.78, 5) is 6.48. The minimum Gasteiger partial charge on any atom is -0.493 e. The highest BCUT2D eigenvalue weighted by molar-refractivity contribution is 7.95. The van der Waals surface area contributed by atoms with Gasteiger partial charge in [-0.05, 0) is 23.8 Å². The first-order chi connectivity index (χ1) is 15.1. The summed E-state index contributed by atoms with van der Waals surface area (Å²) in [7, 11) is -2.95. The molecule has 0 spiro atoms. The van der Waals surface area contributed by atoms with Gasteiger partial charge < -0.3 is 9.47 Å². The second kappa shape index (κ2) is 9.45. The highest BCUT2D eigenvalue weighted by atomic mass is 35.5. The molecule has 1 aromatic heterocycles. The molecule has 0 fully saturated rings. The molecule has 0 saturated carbocycles. The number of ether oxygens (including phenoxy) is 2. The van der Waals surface area contributed by atoms with Crippen LogP contribution in [0.2, 0.25) is 5.15 Å². The molecule has 0 bridgehead atoms. The van der Waals surface area contributed by atoms with E-state index in [1.54, 1.807) is 42.5 Å². The van der Waals surface area contributed by atoms with E-state index in [1.165, 1.54) is 25.3 Å². The van der Waals surface area contributed by atoms with Crippen molar-refractivity contribution in [3.63, 3.8) is 0 Å². The Morgan fingerprint density at radius 2 is 1.62 bits per heavy atom. The topological polar surface area (TPSA) is 90.4 Å². The van der Waals surface area contributed by atoms with E-state index in [0.717, 1.165) is 5.41 Å². The third kappa shape index (κ3) is 5.89. The number of para-hydroxylation sites is 2. The molecule has 3 aromatic rings. The number of halogens is 4. The molecule has 0 aliphatic carbocycles. The van der Waals surface area contributed by atoms with Crippen molar-refractivity contribution in [1.82, 2.24) is 9.97 Å². The highest BCUT2D eigenvalue weighted by Gasteiger charge is 2.37. The van der Waals surface area contributed by atoms with E-state index in [2.05, 4.69) is 9.97 Å². The first-order valence-corrected chi connectivity index (χ1v) is 10.7. The molecular formula is C20H15ClF3N3O4S. The van der Waals surface area contributed by atoms with Crippen molar-refractivity contribution in [3.8, 4) is 17.2 Å². The van der Waals surface area contributed by atoms with Gasteiger partial charge >= 0.3 is 6.18 Å². The number of anilines is 1. The molecule has 12 heteroatoms. The molecular weight excluding hydrogens is 471 g/mol. The van der Waals surface area contributed by atoms with Crippen LogP contribution in [0.15, 0.2) is 60.0 Å². The minimum absolute atomic E-state index is 0.0561. The second-order valence-corrected chi connectivity index (χ2v) is 8.05. The first kappa shape index (κ1) is 23.4. The summed E-state index contributed by atoms with van der Waals surface area (Å²) < 4.78 is 77.2. The van der Waals surface area contributed by atoms with Crippen LogP contribution in [0, 0.1) is 0 Å². The predicted octanol–water partition coefficient (Wildman–Crippen LogP) is 5.36. The van der Waals surface area contributed by atoms with Crippen molar-refractivity contribution in [2.75, 3.05) is 11.8 Å². The molecule has 0 saturated heterocycles. The summed E-state index contributed by atoms with van der Waals surface area (Å²) in [6.45, 7) is 0. The molecule has 0 aliphatic rings. The molecule has 3 rings (SSSR count). The summed E-state index contributed by atoms with van der Waals surface area (Å²) in [5.41, 5.74) is 0.556. The van der Waals surface area contributed by atoms with Gasteiger partial charge in [-0.25, -0.2) is 18.4 Å². The van der Waals surface area contributed by atoms with E-state index in [0.29, 0.717) is 5.56 Å². The number of nitrogens with one attached hydrogen (secondary N) is 1. The minimum atomic E-state index is -4.98. The van der Waals surface area contributed by atoms with Crippen molar-refractivity contribution >= 4 is 33.5 Å². The number of rotatable bonds is 7. The number of hydrogen-bond acceptors (Lipinski definition) is 6. The van der Waals surface area contributed by atoms with Crippen molar-refractivity contribution in [2.24, 2.45) is 0 Å². The third-order valence-electron chi connectivity index (χ3n) is 3.84. The molecule has 32 heavy (non-hydrogen) atoms. The van der Waals surface area contributed by atoms with Crippen LogP contribution in [0.1, 0.15) is 11.4 Å². The number of aromatic nitrogens is 2. The lowest BCUT2D eigenvalue weighted by atomic mass is 10.2. The Balaban J connectivity index is 2.03. The van der Waals surface area contributed by atoms with Gasteiger partial charge in [0, 0.05) is 0 Å². The average Bonchev–Trinajstić information content (AvgIpc) is 2.74. The lowest BCUT2D eigenvalue weighted by Crippen LogP contribution is -2.17. The quantitative estimate of drug-likeness (QED) is 0.453. The van der Waals surface area contributed by atoms with Crippen molar-refractivity contribution in [2.45, 2.75) is 6.18 Å². The molecule has 0 amide bonds. The molecule has 1 heterocycles. The summed E-state index contributed by atoms with van der Waals surface area (Å²) in [6.07, 6.45) is -3.72. The van der Waals surface area contributed by atoms with E-state index < -0.39 is 38.7 Å². The zero-order valence-electron chi connectivity index (χ0n) is 16.3. The van der Waals surface area contributed by atoms with Crippen molar-refractivity contribution in [3.05, 3.63) is 76.5 Å². The van der Waals surface area contributed by atoms with Crippen molar-refractivity contribution < 1.29 is 31.1 Å². The molecule has 0 atom stereocenters. The molecule has 1 N–H and O–H groups in total. The summed E-state index contributed by atoms with van der Waals surface area (Å²) in [5, 5.41) is 0.0290. The smallest absolute Gasteiger partial charge is 0.451 e. The SMILES string of the molecule is COc1ccccc1Oc1c(Cl)nc(C(F)(F)F)nc1NS(=O)(=O)/C=C/c1ccccc1. The van der Waals surface area contributed by atoms with Gasteiger partial charge in [0.05, 0.1) is 12.5 Å². The number of sulfonamides is 1. The number of nitrogens with zero attached hydrogens (tertiary/aromatic N) is 2. The van der Waals surface area contributed by atoms with E-state index >= 15 is 0 Å². The standard InChI is InChI=1S/C20H15ClF3N3O4S/c1-30-14-9-5-6-10-15(14)31-16-17(21)25-19(20(22,23)24)26-18(16)27-32(28,29)12-11-13-7-3-2-4-8-13/h2-12H,1H3,(H,25,26,27)/b12-11+. The normalized spacial score (nSPS) is 12.0. The van der Waals surface area contributed by atoms with E-state index in [-0.39, 0.29) is 11.5 Å². The number of alkyl halides is 3. The van der Waals surface area contributed by atoms with Crippen LogP contribution in [0.5, 0.6) is 17.2 Å². The molecule has 0 radical (unpaired) electrons. The first-order valence-electron chi connectivity index (χ1n) is 8.80. The van der Waals surface area contributed by atoms with E-state index in [1.807, 2.05) is 4.72 Å². The fourth-order valence-corrected chi connectivity index (χ4v) is 3.44. The van der Waals surface area contributed by atoms with E-state index in [4.69, 9.17) is 21.1 Å². The number of methoxy groups -OCH3 is 1. The molecule has 168 valence electrons. The third-order valence-corrected chi connectivity index (χ3v) is 5.07. The van der Waals surface area contributed by atoms with Gasteiger partial charge in [0.1, 0.15) is 0 Å². The number of hydrogen-bond donors (Lipinski definition) is 1. The Morgan fingerprint density at radius 1 is 1.00 bits per heavy atom. The zero-order valence-corrected chi connectivity index (χ0v) is 17.9. The van der Waals surface area contributed by atoms with Gasteiger partial charge in [-0.15, -0.1) is 0 Å². The van der Waals surface area contributed by atoms with Crippen LogP contribution in [-0.4, -0.2) is 25.5 Å². The van der Waals surface area contributed by atoms with Crippen LogP contribution in [0.4, 0.5) is 19.0 Å². The van der Waals surface area contributed by atoms with Gasteiger partial charge in [0.2, 0.25) is 11.6 Å². The number of benzene rings is 2. The maximum absolute atomic E-state index is 13.2. The monoisotopic (exact) mass is 485 g/mol. The fourth-order valence-electron chi connectivity index (χ4n) is 2.42. The highest BCUT2D eigenvalue weighted by Crippen LogP contribution is 2.40. The largest absolute Gasteiger partial charge is 0.493 e. The Kier molecular flexibility index (Phi) is 6.90. The molecule has 2 aromatic carbocycles. The van der Waals surface area contributed by atoms with Crippen LogP contribution in [-0.2, 0) is 16.2 Å². The van der Waals surface area contributed by atoms with Gasteiger partial charge in [0.15, 0.2) is 22.5 Å². The predicted molar refractivity (Wildman–Crippen MR) is 113 cm³/mol. The summed E-state index contributed by atoms with van der Waals surface area (Å²) in [5.74, 6) is -2.68. The Hall–Kier alpha value is -3.31. The maximum Gasteiger partial charge on any atom is 0.451 e. The second-order valence-electron chi connectivity index (χ2n) is 6.13. The summed E-state index contributed by atoms with van der Waals surface area (Å²) in [6, 6.07) is 14.6. The van der Waals surface area contributed by atoms with Crippen LogP contribution in [0.3, 0.4) is 0 Å². The van der Waals surface area contributed by atoms with Crippen molar-refractivity contribution in [1.29, 1.82) is 0 Å². The lowest BCUT2D eigenvalue weighted by molar-refractivity contribution is -0.144. The fraction of sp³-hybridized carbons (Fsp3) is 0.100. The van der Waals surface area contributed by atoms with Gasteiger partial charge in [0.25, 0.3) is 10.0 Å². The van der Waals surface area contributed by atoms with Gasteiger partial charge in [-0.2, -0.15) is 13.2 Å². The van der Waals surface area contributed by atoms with Crippen LogP contribution < -0.4 is 14.2 Å². The zero-order chi connectivity index (χ0) is 23.4. The molecule has 0 unspecified atom stereocenters. The van der Waals surface area contributed by atoms with Crippen LogP contribution in [0.25, 0.3) is 6.08 Å². The Bertz CT molecular complexity index is 1240. The van der Waals surface area contributed by atoms with Gasteiger partial charge in [-0.1, -0.05) is 54.1 Å². The van der Waals surface area contributed by atoms with Gasteiger partial charge in [-0.3, -0.25) is 4.72 Å². The average molecular weight is 486 g/mol.